The fourth-order valence-electron chi connectivity index (χ4n) is 5.27. The summed E-state index contributed by atoms with van der Waals surface area (Å²) in [5, 5.41) is 6.10. The lowest BCUT2D eigenvalue weighted by Crippen LogP contribution is -2.61. The SMILES string of the molecule is COC(=O)C1=C(CN2[C@@H]3COC[C@H]2CC2(C3)NN2)NC(c2nccs2)=N[C@H]1c1ccc(F)cc1Cl. The van der Waals surface area contributed by atoms with Gasteiger partial charge in [0.1, 0.15) is 11.9 Å². The van der Waals surface area contributed by atoms with E-state index in [4.69, 9.17) is 26.1 Å². The van der Waals surface area contributed by atoms with Crippen LogP contribution >= 0.6 is 22.9 Å². The highest BCUT2D eigenvalue weighted by Crippen LogP contribution is 2.40. The van der Waals surface area contributed by atoms with Crippen LogP contribution < -0.4 is 16.2 Å². The molecule has 0 radical (unpaired) electrons. The molecule has 3 atom stereocenters. The zero-order chi connectivity index (χ0) is 24.2. The molecule has 1 aromatic carbocycles. The van der Waals surface area contributed by atoms with Crippen molar-refractivity contribution in [3.05, 3.63) is 62.5 Å². The largest absolute Gasteiger partial charge is 0.466 e. The molecular formula is C23H24ClFN6O3S. The first kappa shape index (κ1) is 23.0. The number of piperidine rings is 1. The summed E-state index contributed by atoms with van der Waals surface area (Å²) in [7, 11) is 1.34. The molecule has 5 heterocycles. The summed E-state index contributed by atoms with van der Waals surface area (Å²) >= 11 is 7.88. The number of ether oxygens (including phenoxy) is 2. The Morgan fingerprint density at radius 1 is 1.34 bits per heavy atom. The van der Waals surface area contributed by atoms with E-state index < -0.39 is 17.8 Å². The number of carbonyl (C=O) groups is 1. The van der Waals surface area contributed by atoms with E-state index >= 15 is 0 Å². The first-order chi connectivity index (χ1) is 17.0. The molecule has 1 aromatic heterocycles. The van der Waals surface area contributed by atoms with E-state index in [0.29, 0.717) is 47.4 Å². The Morgan fingerprint density at radius 3 is 2.74 bits per heavy atom. The number of carbonyl (C=O) groups excluding carboxylic acids is 1. The number of halogens is 2. The minimum Gasteiger partial charge on any atom is -0.466 e. The van der Waals surface area contributed by atoms with Crippen LogP contribution in [0.15, 0.2) is 46.0 Å². The number of aliphatic imine (C=N–C) groups is 1. The summed E-state index contributed by atoms with van der Waals surface area (Å²) < 4.78 is 24.9. The maximum absolute atomic E-state index is 13.8. The van der Waals surface area contributed by atoms with E-state index in [2.05, 4.69) is 26.1 Å². The average Bonchev–Trinajstić information content (AvgIpc) is 3.34. The van der Waals surface area contributed by atoms with Crippen molar-refractivity contribution in [3.63, 3.8) is 0 Å². The predicted molar refractivity (Wildman–Crippen MR) is 128 cm³/mol. The lowest BCUT2D eigenvalue weighted by molar-refractivity contribution is -0.136. The van der Waals surface area contributed by atoms with Crippen LogP contribution in [0.1, 0.15) is 29.5 Å². The fraction of sp³-hybridized carbons (Fsp3) is 0.435. The third-order valence-corrected chi connectivity index (χ3v) is 8.08. The zero-order valence-corrected chi connectivity index (χ0v) is 20.5. The fourth-order valence-corrected chi connectivity index (χ4v) is 6.13. The number of morpholine rings is 1. The van der Waals surface area contributed by atoms with E-state index in [1.807, 2.05) is 5.38 Å². The van der Waals surface area contributed by atoms with Gasteiger partial charge in [-0.15, -0.1) is 11.3 Å². The molecule has 0 aliphatic carbocycles. The summed E-state index contributed by atoms with van der Waals surface area (Å²) in [5.41, 5.74) is 8.12. The monoisotopic (exact) mass is 518 g/mol. The average molecular weight is 519 g/mol. The molecule has 1 spiro atoms. The van der Waals surface area contributed by atoms with E-state index in [1.165, 1.54) is 30.6 Å². The Labute approximate surface area is 210 Å². The Balaban J connectivity index is 1.43. The molecule has 6 rings (SSSR count). The molecule has 4 aliphatic rings. The van der Waals surface area contributed by atoms with Gasteiger partial charge in [0, 0.05) is 46.5 Å². The Morgan fingerprint density at radius 2 is 2.11 bits per heavy atom. The number of rotatable bonds is 5. The molecule has 0 amide bonds. The highest BCUT2D eigenvalue weighted by molar-refractivity contribution is 7.11. The van der Waals surface area contributed by atoms with Gasteiger partial charge >= 0.3 is 5.97 Å². The van der Waals surface area contributed by atoms with Gasteiger partial charge in [0.05, 0.1) is 31.6 Å². The lowest BCUT2D eigenvalue weighted by Gasteiger charge is -2.48. The molecule has 12 heteroatoms. The number of fused-ring (bicyclic) bond motifs is 2. The molecule has 4 aliphatic heterocycles. The predicted octanol–water partition coefficient (Wildman–Crippen LogP) is 2.12. The van der Waals surface area contributed by atoms with Crippen molar-refractivity contribution in [3.8, 4) is 0 Å². The van der Waals surface area contributed by atoms with Gasteiger partial charge in [-0.2, -0.15) is 0 Å². The van der Waals surface area contributed by atoms with Gasteiger partial charge < -0.3 is 14.8 Å². The van der Waals surface area contributed by atoms with Crippen LogP contribution in [-0.2, 0) is 14.3 Å². The van der Waals surface area contributed by atoms with Gasteiger partial charge in [0.25, 0.3) is 0 Å². The van der Waals surface area contributed by atoms with Gasteiger partial charge in [-0.25, -0.2) is 25.0 Å². The summed E-state index contributed by atoms with van der Waals surface area (Å²) in [6.45, 7) is 1.70. The molecule has 0 unspecified atom stereocenters. The number of benzene rings is 1. The van der Waals surface area contributed by atoms with Crippen molar-refractivity contribution in [2.45, 2.75) is 36.6 Å². The Bertz CT molecular complexity index is 1200. The van der Waals surface area contributed by atoms with Crippen LogP contribution in [0.25, 0.3) is 0 Å². The number of esters is 1. The zero-order valence-electron chi connectivity index (χ0n) is 18.9. The second kappa shape index (κ2) is 8.91. The third kappa shape index (κ3) is 4.26. The number of nitrogens with zero attached hydrogens (tertiary/aromatic N) is 3. The molecule has 3 N–H and O–H groups in total. The molecule has 0 saturated carbocycles. The Hall–Kier alpha value is -2.41. The van der Waals surface area contributed by atoms with Crippen molar-refractivity contribution >= 4 is 34.7 Å². The van der Waals surface area contributed by atoms with Gasteiger partial charge in [0.15, 0.2) is 10.8 Å². The Kier molecular flexibility index (Phi) is 5.86. The third-order valence-electron chi connectivity index (χ3n) is 6.97. The smallest absolute Gasteiger partial charge is 0.338 e. The lowest BCUT2D eigenvalue weighted by atomic mass is 9.87. The highest BCUT2D eigenvalue weighted by atomic mass is 35.5. The van der Waals surface area contributed by atoms with Crippen LogP contribution in [0.5, 0.6) is 0 Å². The molecule has 3 fully saturated rings. The number of amidine groups is 1. The first-order valence-corrected chi connectivity index (χ1v) is 12.6. The molecule has 3 saturated heterocycles. The van der Waals surface area contributed by atoms with E-state index in [-0.39, 0.29) is 22.8 Å². The molecule has 184 valence electrons. The molecule has 2 bridgehead atoms. The maximum Gasteiger partial charge on any atom is 0.338 e. The number of nitrogens with one attached hydrogen (secondary N) is 3. The number of hydrogen-bond acceptors (Lipinski definition) is 10. The summed E-state index contributed by atoms with van der Waals surface area (Å²) in [6.07, 6.45) is 3.49. The summed E-state index contributed by atoms with van der Waals surface area (Å²) in [5.74, 6) is -0.438. The second-order valence-corrected chi connectivity index (χ2v) is 10.5. The molecule has 35 heavy (non-hydrogen) atoms. The molecular weight excluding hydrogens is 495 g/mol. The normalized spacial score (nSPS) is 27.4. The number of methoxy groups -OCH3 is 1. The minimum atomic E-state index is -0.773. The van der Waals surface area contributed by atoms with Crippen molar-refractivity contribution < 1.29 is 18.7 Å². The molecule has 9 nitrogen and oxygen atoms in total. The number of hydrazine groups is 1. The van der Waals surface area contributed by atoms with E-state index in [9.17, 15) is 9.18 Å². The van der Waals surface area contributed by atoms with Crippen molar-refractivity contribution in [2.75, 3.05) is 26.9 Å². The topological polar surface area (TPSA) is 120 Å². The van der Waals surface area contributed by atoms with Crippen LogP contribution in [0.4, 0.5) is 4.39 Å². The van der Waals surface area contributed by atoms with E-state index in [0.717, 1.165) is 12.8 Å². The second-order valence-electron chi connectivity index (χ2n) is 9.15. The van der Waals surface area contributed by atoms with Gasteiger partial charge in [0.2, 0.25) is 0 Å². The first-order valence-electron chi connectivity index (χ1n) is 11.4. The number of aromatic nitrogens is 1. The van der Waals surface area contributed by atoms with E-state index in [1.54, 1.807) is 12.3 Å². The quantitative estimate of drug-likeness (QED) is 0.407. The van der Waals surface area contributed by atoms with Crippen LogP contribution in [0, 0.1) is 5.82 Å². The standard InChI is InChI=1S/C23H24ClFN6O3S/c1-33-22(32)18-17(9-31-13-7-23(29-30-23)8-14(31)11-34-10-13)27-20(21-26-4-5-35-21)28-19(18)15-3-2-12(25)6-16(15)24/h2-6,13-14,19,29-30H,7-11H2,1H3,(H,27,28)/t13-,14+,19-/m0/s1. The number of hydrogen-bond donors (Lipinski definition) is 3. The van der Waals surface area contributed by atoms with Crippen molar-refractivity contribution in [1.82, 2.24) is 26.1 Å². The van der Waals surface area contributed by atoms with Crippen molar-refractivity contribution in [2.24, 2.45) is 4.99 Å². The van der Waals surface area contributed by atoms with Gasteiger partial charge in [-0.05, 0) is 25.0 Å². The van der Waals surface area contributed by atoms with Crippen LogP contribution in [-0.4, -0.2) is 66.3 Å². The van der Waals surface area contributed by atoms with Crippen LogP contribution in [0.3, 0.4) is 0 Å². The minimum absolute atomic E-state index is 0.0210. The van der Waals surface area contributed by atoms with Gasteiger partial charge in [-0.3, -0.25) is 9.89 Å². The number of thiazole rings is 1. The summed E-state index contributed by atoms with van der Waals surface area (Å²) in [4.78, 5) is 24.7. The summed E-state index contributed by atoms with van der Waals surface area (Å²) in [6, 6.07) is 3.69. The van der Waals surface area contributed by atoms with Crippen molar-refractivity contribution in [1.29, 1.82) is 0 Å². The van der Waals surface area contributed by atoms with Crippen LogP contribution in [0.2, 0.25) is 5.02 Å². The van der Waals surface area contributed by atoms with Gasteiger partial charge in [-0.1, -0.05) is 17.7 Å². The molecule has 2 aromatic rings. The highest BCUT2D eigenvalue weighted by Gasteiger charge is 2.53. The maximum atomic E-state index is 13.8.